The molecule has 0 aliphatic carbocycles. The summed E-state index contributed by atoms with van der Waals surface area (Å²) in [6.07, 6.45) is 11.9. The largest absolute Gasteiger partial charge is 0.481 e. The molecule has 0 radical (unpaired) electrons. The van der Waals surface area contributed by atoms with E-state index in [2.05, 4.69) is 42.8 Å². The van der Waals surface area contributed by atoms with Crippen LogP contribution >= 0.6 is 15.9 Å². The summed E-state index contributed by atoms with van der Waals surface area (Å²) in [7, 11) is 0. The number of benzene rings is 1. The number of nitrogens with zero attached hydrogens (tertiary/aromatic N) is 2. The van der Waals surface area contributed by atoms with Gasteiger partial charge in [0.15, 0.2) is 0 Å². The minimum absolute atomic E-state index is 0.287. The van der Waals surface area contributed by atoms with Crippen LogP contribution in [0.3, 0.4) is 0 Å². The number of hydrogen-bond acceptors (Lipinski definition) is 3. The number of halogens is 1. The van der Waals surface area contributed by atoms with Crippen molar-refractivity contribution in [1.82, 2.24) is 14.9 Å². The third kappa shape index (κ3) is 5.25. The van der Waals surface area contributed by atoms with E-state index in [9.17, 15) is 0 Å². The van der Waals surface area contributed by atoms with Crippen molar-refractivity contribution < 1.29 is 4.74 Å². The summed E-state index contributed by atoms with van der Waals surface area (Å²) in [5.41, 5.74) is 1.10. The van der Waals surface area contributed by atoms with Crippen LogP contribution in [0.4, 0.5) is 0 Å². The second-order valence-corrected chi connectivity index (χ2v) is 5.49. The Morgan fingerprint density at radius 1 is 1.43 bits per heavy atom. The number of nitrogens with one attached hydrogen (secondary N) is 1. The number of ether oxygens (including phenoxy) is 1. The van der Waals surface area contributed by atoms with Crippen molar-refractivity contribution in [3.05, 3.63) is 47.0 Å². The molecule has 1 heterocycles. The number of terminal acetylenes is 1. The predicted octanol–water partition coefficient (Wildman–Crippen LogP) is 2.84. The Bertz CT molecular complexity index is 590. The Labute approximate surface area is 133 Å². The van der Waals surface area contributed by atoms with Crippen molar-refractivity contribution in [2.75, 3.05) is 13.2 Å². The molecular formula is C16H18BrN3O. The summed E-state index contributed by atoms with van der Waals surface area (Å²) in [5, 5.41) is 3.42. The zero-order valence-corrected chi connectivity index (χ0v) is 13.3. The van der Waals surface area contributed by atoms with Crippen LogP contribution in [0.2, 0.25) is 0 Å². The molecule has 0 unspecified atom stereocenters. The van der Waals surface area contributed by atoms with Crippen LogP contribution in [0.15, 0.2) is 41.4 Å². The lowest BCUT2D eigenvalue weighted by Gasteiger charge is -2.11. The van der Waals surface area contributed by atoms with Crippen LogP contribution in [0.5, 0.6) is 5.75 Å². The molecule has 21 heavy (non-hydrogen) atoms. The van der Waals surface area contributed by atoms with Gasteiger partial charge < -0.3 is 14.6 Å². The van der Waals surface area contributed by atoms with Crippen LogP contribution < -0.4 is 10.1 Å². The first-order valence-corrected chi connectivity index (χ1v) is 7.60. The highest BCUT2D eigenvalue weighted by molar-refractivity contribution is 9.10. The van der Waals surface area contributed by atoms with Crippen molar-refractivity contribution in [2.24, 2.45) is 0 Å². The topological polar surface area (TPSA) is 39.1 Å². The normalized spacial score (nSPS) is 10.3. The quantitative estimate of drug-likeness (QED) is 0.589. The molecule has 1 aromatic carbocycles. The lowest BCUT2D eigenvalue weighted by atomic mass is 10.2. The maximum absolute atomic E-state index is 5.55. The van der Waals surface area contributed by atoms with E-state index >= 15 is 0 Å². The summed E-state index contributed by atoms with van der Waals surface area (Å²) < 4.78 is 8.65. The minimum Gasteiger partial charge on any atom is -0.481 e. The van der Waals surface area contributed by atoms with Gasteiger partial charge in [0.2, 0.25) is 0 Å². The molecule has 0 bridgehead atoms. The molecule has 0 aliphatic rings. The molecule has 110 valence electrons. The molecule has 0 aliphatic heterocycles. The zero-order valence-electron chi connectivity index (χ0n) is 11.8. The smallest absolute Gasteiger partial charge is 0.148 e. The Morgan fingerprint density at radius 2 is 2.33 bits per heavy atom. The molecule has 0 spiro atoms. The van der Waals surface area contributed by atoms with E-state index < -0.39 is 0 Å². The maximum atomic E-state index is 5.55. The Hall–Kier alpha value is -1.77. The standard InChI is InChI=1S/C16H18BrN3O/c1-2-10-21-16-5-4-15(17)11-14(16)12-18-6-3-8-20-9-7-19-13-20/h1,4-5,7,9,11,13,18H,3,6,8,10,12H2. The monoisotopic (exact) mass is 347 g/mol. The van der Waals surface area contributed by atoms with Gasteiger partial charge in [-0.1, -0.05) is 21.9 Å². The first-order valence-electron chi connectivity index (χ1n) is 6.81. The van der Waals surface area contributed by atoms with Crippen LogP contribution in [-0.2, 0) is 13.1 Å². The highest BCUT2D eigenvalue weighted by Gasteiger charge is 2.04. The van der Waals surface area contributed by atoms with Gasteiger partial charge in [-0.15, -0.1) is 6.42 Å². The summed E-state index contributed by atoms with van der Waals surface area (Å²) in [5.74, 6) is 3.32. The van der Waals surface area contributed by atoms with Gasteiger partial charge in [0.25, 0.3) is 0 Å². The van der Waals surface area contributed by atoms with Crippen molar-refractivity contribution in [3.63, 3.8) is 0 Å². The van der Waals surface area contributed by atoms with Crippen LogP contribution in [0.25, 0.3) is 0 Å². The zero-order chi connectivity index (χ0) is 14.9. The van der Waals surface area contributed by atoms with E-state index in [4.69, 9.17) is 11.2 Å². The van der Waals surface area contributed by atoms with E-state index in [0.29, 0.717) is 0 Å². The number of imidazole rings is 1. The molecule has 1 aromatic heterocycles. The van der Waals surface area contributed by atoms with Crippen molar-refractivity contribution >= 4 is 15.9 Å². The van der Waals surface area contributed by atoms with Gasteiger partial charge in [-0.25, -0.2) is 4.98 Å². The third-order valence-corrected chi connectivity index (χ3v) is 3.47. The van der Waals surface area contributed by atoms with Crippen molar-refractivity contribution in [1.29, 1.82) is 0 Å². The number of aromatic nitrogens is 2. The third-order valence-electron chi connectivity index (χ3n) is 2.98. The second kappa shape index (κ2) is 8.50. The van der Waals surface area contributed by atoms with Gasteiger partial charge in [0.1, 0.15) is 12.4 Å². The van der Waals surface area contributed by atoms with E-state index in [1.54, 1.807) is 6.20 Å². The summed E-state index contributed by atoms with van der Waals surface area (Å²) in [6, 6.07) is 5.94. The van der Waals surface area contributed by atoms with Gasteiger partial charge in [0, 0.05) is 35.5 Å². The van der Waals surface area contributed by atoms with Crippen LogP contribution in [0.1, 0.15) is 12.0 Å². The average Bonchev–Trinajstić information content (AvgIpc) is 2.99. The second-order valence-electron chi connectivity index (χ2n) is 4.58. The van der Waals surface area contributed by atoms with Gasteiger partial charge >= 0.3 is 0 Å². The molecule has 4 nitrogen and oxygen atoms in total. The fraction of sp³-hybridized carbons (Fsp3) is 0.312. The molecule has 2 aromatic rings. The average molecular weight is 348 g/mol. The molecule has 0 atom stereocenters. The van der Waals surface area contributed by atoms with E-state index in [-0.39, 0.29) is 6.61 Å². The van der Waals surface area contributed by atoms with Crippen LogP contribution in [0, 0.1) is 12.3 Å². The Kier molecular flexibility index (Phi) is 6.32. The first-order chi connectivity index (χ1) is 10.3. The first kappa shape index (κ1) is 15.6. The summed E-state index contributed by atoms with van der Waals surface area (Å²) in [6.45, 7) is 2.93. The molecule has 1 N–H and O–H groups in total. The molecule has 0 amide bonds. The number of rotatable bonds is 8. The van der Waals surface area contributed by atoms with Gasteiger partial charge in [-0.2, -0.15) is 0 Å². The van der Waals surface area contributed by atoms with E-state index in [0.717, 1.165) is 41.8 Å². The SMILES string of the molecule is C#CCOc1ccc(Br)cc1CNCCCn1ccnc1. The van der Waals surface area contributed by atoms with E-state index in [1.165, 1.54) is 0 Å². The molecule has 2 rings (SSSR count). The van der Waals surface area contributed by atoms with Gasteiger partial charge in [-0.3, -0.25) is 0 Å². The lowest BCUT2D eigenvalue weighted by Crippen LogP contribution is -2.17. The van der Waals surface area contributed by atoms with E-state index in [1.807, 2.05) is 24.7 Å². The highest BCUT2D eigenvalue weighted by Crippen LogP contribution is 2.23. The van der Waals surface area contributed by atoms with Gasteiger partial charge in [-0.05, 0) is 31.2 Å². The predicted molar refractivity (Wildman–Crippen MR) is 87.0 cm³/mol. The highest BCUT2D eigenvalue weighted by atomic mass is 79.9. The molecule has 0 saturated heterocycles. The maximum Gasteiger partial charge on any atom is 0.148 e. The number of hydrogen-bond donors (Lipinski definition) is 1. The fourth-order valence-corrected chi connectivity index (χ4v) is 2.38. The van der Waals surface area contributed by atoms with Crippen molar-refractivity contribution in [3.8, 4) is 18.1 Å². The molecule has 0 saturated carbocycles. The van der Waals surface area contributed by atoms with Crippen LogP contribution in [-0.4, -0.2) is 22.7 Å². The molecule has 0 fully saturated rings. The summed E-state index contributed by atoms with van der Waals surface area (Å²) >= 11 is 3.48. The number of aryl methyl sites for hydroxylation is 1. The minimum atomic E-state index is 0.287. The van der Waals surface area contributed by atoms with Crippen molar-refractivity contribution in [2.45, 2.75) is 19.5 Å². The Morgan fingerprint density at radius 3 is 3.10 bits per heavy atom. The lowest BCUT2D eigenvalue weighted by molar-refractivity contribution is 0.364. The molecule has 5 heteroatoms. The summed E-state index contributed by atoms with van der Waals surface area (Å²) in [4.78, 5) is 4.02. The van der Waals surface area contributed by atoms with Gasteiger partial charge in [0.05, 0.1) is 6.33 Å². The fourth-order valence-electron chi connectivity index (χ4n) is 1.98. The Balaban J connectivity index is 1.78. The molecular weight excluding hydrogens is 330 g/mol.